The minimum Gasteiger partial charge on any atom is -0.300 e. The Kier molecular flexibility index (Phi) is 5.03. The molecular formula is C22H23N5S2. The summed E-state index contributed by atoms with van der Waals surface area (Å²) in [6.45, 7) is 4.67. The van der Waals surface area contributed by atoms with Gasteiger partial charge in [-0.15, -0.1) is 11.3 Å². The molecule has 0 N–H and O–H groups in total. The normalized spacial score (nSPS) is 17.3. The van der Waals surface area contributed by atoms with Crippen LogP contribution in [-0.4, -0.2) is 30.8 Å². The molecule has 1 saturated heterocycles. The van der Waals surface area contributed by atoms with Crippen LogP contribution >= 0.6 is 23.6 Å². The summed E-state index contributed by atoms with van der Waals surface area (Å²) < 4.78 is 6.13. The van der Waals surface area contributed by atoms with Gasteiger partial charge in [-0.1, -0.05) is 42.5 Å². The van der Waals surface area contributed by atoms with Crippen LogP contribution in [-0.2, 0) is 13.2 Å². The molecule has 0 bridgehead atoms. The Morgan fingerprint density at radius 1 is 1.10 bits per heavy atom. The van der Waals surface area contributed by atoms with Crippen molar-refractivity contribution < 1.29 is 0 Å². The van der Waals surface area contributed by atoms with E-state index in [2.05, 4.69) is 52.8 Å². The molecule has 0 saturated carbocycles. The van der Waals surface area contributed by atoms with Gasteiger partial charge in [-0.25, -0.2) is 9.67 Å². The average molecular weight is 422 g/mol. The second-order valence-electron chi connectivity index (χ2n) is 7.35. The number of likely N-dealkylation sites (tertiary alicyclic amines) is 1. The molecule has 2 aromatic heterocycles. The SMILES string of the molecule is CCn1c(-c2ccccc2)nn(CN2CCC[C@@H]2c2nc3ccccc3s2)c1=S. The van der Waals surface area contributed by atoms with Gasteiger partial charge in [0, 0.05) is 18.7 Å². The van der Waals surface area contributed by atoms with E-state index in [1.54, 1.807) is 0 Å². The van der Waals surface area contributed by atoms with E-state index in [0.29, 0.717) is 12.7 Å². The lowest BCUT2D eigenvalue weighted by Gasteiger charge is -2.22. The second-order valence-corrected chi connectivity index (χ2v) is 8.78. The molecule has 0 spiro atoms. The summed E-state index contributed by atoms with van der Waals surface area (Å²) in [5.74, 6) is 0.939. The fraction of sp³-hybridized carbons (Fsp3) is 0.318. The molecule has 148 valence electrons. The maximum atomic E-state index is 5.78. The minimum atomic E-state index is 0.334. The van der Waals surface area contributed by atoms with Crippen molar-refractivity contribution in [3.8, 4) is 11.4 Å². The van der Waals surface area contributed by atoms with E-state index in [4.69, 9.17) is 22.3 Å². The molecule has 0 amide bonds. The first-order chi connectivity index (χ1) is 14.2. The Morgan fingerprint density at radius 3 is 2.69 bits per heavy atom. The van der Waals surface area contributed by atoms with Crippen molar-refractivity contribution in [3.63, 3.8) is 0 Å². The molecule has 3 heterocycles. The molecule has 1 atom stereocenters. The van der Waals surface area contributed by atoms with Crippen molar-refractivity contribution in [3.05, 3.63) is 64.4 Å². The van der Waals surface area contributed by atoms with Gasteiger partial charge in [-0.05, 0) is 44.1 Å². The summed E-state index contributed by atoms with van der Waals surface area (Å²) in [5.41, 5.74) is 2.20. The van der Waals surface area contributed by atoms with Crippen LogP contribution in [0.1, 0.15) is 30.8 Å². The average Bonchev–Trinajstić information content (AvgIpc) is 3.46. The smallest absolute Gasteiger partial charge is 0.199 e. The van der Waals surface area contributed by atoms with E-state index in [1.807, 2.05) is 34.2 Å². The fourth-order valence-corrected chi connectivity index (χ4v) is 5.55. The van der Waals surface area contributed by atoms with E-state index < -0.39 is 0 Å². The van der Waals surface area contributed by atoms with E-state index in [0.717, 1.165) is 41.2 Å². The summed E-state index contributed by atoms with van der Waals surface area (Å²) in [4.78, 5) is 7.38. The van der Waals surface area contributed by atoms with Crippen LogP contribution in [0.4, 0.5) is 0 Å². The highest BCUT2D eigenvalue weighted by atomic mass is 32.1. The maximum absolute atomic E-state index is 5.78. The van der Waals surface area contributed by atoms with Gasteiger partial charge in [0.15, 0.2) is 10.6 Å². The zero-order valence-corrected chi connectivity index (χ0v) is 18.0. The summed E-state index contributed by atoms with van der Waals surface area (Å²) in [7, 11) is 0. The molecule has 5 rings (SSSR count). The highest BCUT2D eigenvalue weighted by Crippen LogP contribution is 2.36. The molecule has 0 radical (unpaired) electrons. The predicted octanol–water partition coefficient (Wildman–Crippen LogP) is 5.51. The Morgan fingerprint density at radius 2 is 1.90 bits per heavy atom. The molecule has 4 aromatic rings. The molecule has 0 aliphatic carbocycles. The number of nitrogens with zero attached hydrogens (tertiary/aromatic N) is 5. The highest BCUT2D eigenvalue weighted by molar-refractivity contribution is 7.71. The largest absolute Gasteiger partial charge is 0.300 e. The molecule has 1 fully saturated rings. The number of para-hydroxylation sites is 1. The molecule has 5 nitrogen and oxygen atoms in total. The molecule has 1 aliphatic heterocycles. The van der Waals surface area contributed by atoms with Gasteiger partial charge in [0.05, 0.1) is 22.9 Å². The first-order valence-corrected chi connectivity index (χ1v) is 11.3. The van der Waals surface area contributed by atoms with Crippen molar-refractivity contribution in [2.45, 2.75) is 39.0 Å². The quantitative estimate of drug-likeness (QED) is 0.399. The lowest BCUT2D eigenvalue weighted by Crippen LogP contribution is -2.27. The van der Waals surface area contributed by atoms with Crippen molar-refractivity contribution in [2.75, 3.05) is 6.54 Å². The van der Waals surface area contributed by atoms with E-state index >= 15 is 0 Å². The van der Waals surface area contributed by atoms with Crippen LogP contribution in [0, 0.1) is 4.77 Å². The number of thiazole rings is 1. The lowest BCUT2D eigenvalue weighted by molar-refractivity contribution is 0.189. The van der Waals surface area contributed by atoms with Gasteiger partial charge in [-0.3, -0.25) is 4.90 Å². The Bertz CT molecular complexity index is 1160. The van der Waals surface area contributed by atoms with Gasteiger partial charge in [0.25, 0.3) is 0 Å². The van der Waals surface area contributed by atoms with Gasteiger partial charge in [0.1, 0.15) is 5.01 Å². The first-order valence-electron chi connectivity index (χ1n) is 10.1. The lowest BCUT2D eigenvalue weighted by atomic mass is 10.2. The molecule has 7 heteroatoms. The van der Waals surface area contributed by atoms with Crippen LogP contribution in [0.5, 0.6) is 0 Å². The predicted molar refractivity (Wildman–Crippen MR) is 120 cm³/mol. The van der Waals surface area contributed by atoms with Gasteiger partial charge < -0.3 is 4.57 Å². The third kappa shape index (κ3) is 3.43. The van der Waals surface area contributed by atoms with Crippen molar-refractivity contribution >= 4 is 33.8 Å². The minimum absolute atomic E-state index is 0.334. The van der Waals surface area contributed by atoms with Crippen LogP contribution in [0.3, 0.4) is 0 Å². The molecule has 1 aliphatic rings. The summed E-state index contributed by atoms with van der Waals surface area (Å²) in [6.07, 6.45) is 2.31. The number of aromatic nitrogens is 4. The Hall–Kier alpha value is -2.35. The van der Waals surface area contributed by atoms with Crippen LogP contribution in [0.15, 0.2) is 54.6 Å². The number of hydrogen-bond acceptors (Lipinski definition) is 5. The number of hydrogen-bond donors (Lipinski definition) is 0. The molecule has 29 heavy (non-hydrogen) atoms. The van der Waals surface area contributed by atoms with E-state index in [-0.39, 0.29) is 0 Å². The van der Waals surface area contributed by atoms with Crippen molar-refractivity contribution in [2.24, 2.45) is 0 Å². The zero-order valence-electron chi connectivity index (χ0n) is 16.4. The zero-order chi connectivity index (χ0) is 19.8. The molecule has 0 unspecified atom stereocenters. The van der Waals surface area contributed by atoms with Gasteiger partial charge in [-0.2, -0.15) is 5.10 Å². The highest BCUT2D eigenvalue weighted by Gasteiger charge is 2.29. The van der Waals surface area contributed by atoms with Crippen molar-refractivity contribution in [1.82, 2.24) is 24.2 Å². The standard InChI is InChI=1S/C22H23N5S2/c1-2-26-20(16-9-4-3-5-10-16)24-27(22(26)28)15-25-14-8-12-18(25)21-23-17-11-6-7-13-19(17)29-21/h3-7,9-11,13,18H,2,8,12,14-15H2,1H3/t18-/m1/s1. The summed E-state index contributed by atoms with van der Waals surface area (Å²) in [6, 6.07) is 19.0. The second kappa shape index (κ2) is 7.82. The molecular weight excluding hydrogens is 398 g/mol. The number of benzene rings is 2. The van der Waals surface area contributed by atoms with E-state index in [9.17, 15) is 0 Å². The van der Waals surface area contributed by atoms with Crippen LogP contribution < -0.4 is 0 Å². The number of fused-ring (bicyclic) bond motifs is 1. The van der Waals surface area contributed by atoms with Crippen LogP contribution in [0.25, 0.3) is 21.6 Å². The summed E-state index contributed by atoms with van der Waals surface area (Å²) in [5, 5.41) is 6.10. The van der Waals surface area contributed by atoms with Gasteiger partial charge in [0.2, 0.25) is 0 Å². The summed E-state index contributed by atoms with van der Waals surface area (Å²) >= 11 is 7.59. The fourth-order valence-electron chi connectivity index (χ4n) is 4.10. The molecule has 2 aromatic carbocycles. The maximum Gasteiger partial charge on any atom is 0.199 e. The monoisotopic (exact) mass is 421 g/mol. The van der Waals surface area contributed by atoms with Crippen molar-refractivity contribution in [1.29, 1.82) is 0 Å². The Labute approximate surface area is 179 Å². The first kappa shape index (κ1) is 18.7. The topological polar surface area (TPSA) is 38.9 Å². The van der Waals surface area contributed by atoms with E-state index in [1.165, 1.54) is 16.1 Å². The van der Waals surface area contributed by atoms with Gasteiger partial charge >= 0.3 is 0 Å². The Balaban J connectivity index is 1.46. The number of rotatable bonds is 5. The third-order valence-electron chi connectivity index (χ3n) is 5.55. The van der Waals surface area contributed by atoms with Crippen LogP contribution in [0.2, 0.25) is 0 Å². The third-order valence-corrected chi connectivity index (χ3v) is 7.11.